The van der Waals surface area contributed by atoms with E-state index in [4.69, 9.17) is 4.74 Å². The highest BCUT2D eigenvalue weighted by Crippen LogP contribution is 2.41. The Morgan fingerprint density at radius 2 is 1.62 bits per heavy atom. The van der Waals surface area contributed by atoms with Crippen LogP contribution in [-0.4, -0.2) is 47.3 Å². The minimum atomic E-state index is -5.06. The van der Waals surface area contributed by atoms with E-state index in [2.05, 4.69) is 5.32 Å². The van der Waals surface area contributed by atoms with Crippen LogP contribution in [0.25, 0.3) is 0 Å². The number of aryl methyl sites for hydroxylation is 1. The van der Waals surface area contributed by atoms with Crippen LogP contribution in [0, 0.1) is 12.7 Å². The Hall–Kier alpha value is -4.62. The van der Waals surface area contributed by atoms with Gasteiger partial charge in [0.2, 0.25) is 0 Å². The predicted octanol–water partition coefficient (Wildman–Crippen LogP) is 7.81. The largest absolute Gasteiger partial charge is 0.445 e. The van der Waals surface area contributed by atoms with Crippen LogP contribution in [0.1, 0.15) is 58.7 Å². The first-order chi connectivity index (χ1) is 22.0. The van der Waals surface area contributed by atoms with E-state index < -0.39 is 65.1 Å². The summed E-state index contributed by atoms with van der Waals surface area (Å²) in [5.74, 6) is -0.552. The van der Waals surface area contributed by atoms with Gasteiger partial charge in [0.1, 0.15) is 18.7 Å². The first-order valence-electron chi connectivity index (χ1n) is 14.5. The van der Waals surface area contributed by atoms with Crippen LogP contribution in [0.5, 0.6) is 0 Å². The number of benzene rings is 3. The van der Waals surface area contributed by atoms with E-state index in [0.29, 0.717) is 29.5 Å². The zero-order valence-electron chi connectivity index (χ0n) is 25.4. The molecule has 2 atom stereocenters. The molecule has 1 aliphatic heterocycles. The Balaban J connectivity index is 1.62. The molecule has 1 N–H and O–H groups in total. The van der Waals surface area contributed by atoms with Crippen LogP contribution in [-0.2, 0) is 35.0 Å². The number of hydrogen-bond donors (Lipinski definition) is 1. The zero-order chi connectivity index (χ0) is 34.6. The molecular formula is C33H32F7N3O4. The summed E-state index contributed by atoms with van der Waals surface area (Å²) >= 11 is 0. The van der Waals surface area contributed by atoms with E-state index in [1.54, 1.807) is 37.3 Å². The highest BCUT2D eigenvalue weighted by atomic mass is 19.4. The van der Waals surface area contributed by atoms with E-state index in [1.165, 1.54) is 30.1 Å². The topological polar surface area (TPSA) is 79.0 Å². The van der Waals surface area contributed by atoms with E-state index in [0.717, 1.165) is 10.5 Å². The van der Waals surface area contributed by atoms with Gasteiger partial charge in [0.25, 0.3) is 0 Å². The van der Waals surface area contributed by atoms with Crippen LogP contribution >= 0.6 is 0 Å². The number of nitrogens with one attached hydrogen (secondary N) is 1. The number of ether oxygens (including phenoxy) is 1. The van der Waals surface area contributed by atoms with Crippen molar-refractivity contribution >= 4 is 18.4 Å². The average Bonchev–Trinajstić information content (AvgIpc) is 2.99. The molecular weight excluding hydrogens is 635 g/mol. The van der Waals surface area contributed by atoms with Crippen LogP contribution in [0.3, 0.4) is 0 Å². The van der Waals surface area contributed by atoms with Gasteiger partial charge in [-0.2, -0.15) is 26.3 Å². The van der Waals surface area contributed by atoms with Gasteiger partial charge in [-0.1, -0.05) is 36.4 Å². The number of piperidine rings is 1. The summed E-state index contributed by atoms with van der Waals surface area (Å²) in [4.78, 5) is 40.9. The molecule has 3 aromatic rings. The number of likely N-dealkylation sites (tertiary alicyclic amines) is 1. The molecule has 4 rings (SSSR count). The second-order valence-corrected chi connectivity index (χ2v) is 11.6. The Morgan fingerprint density at radius 1 is 0.979 bits per heavy atom. The summed E-state index contributed by atoms with van der Waals surface area (Å²) < 4.78 is 100. The van der Waals surface area contributed by atoms with Crippen LogP contribution < -0.4 is 5.32 Å². The van der Waals surface area contributed by atoms with Gasteiger partial charge in [0, 0.05) is 26.6 Å². The summed E-state index contributed by atoms with van der Waals surface area (Å²) in [5, 5.41) is 2.77. The lowest BCUT2D eigenvalue weighted by Gasteiger charge is -2.47. The fraction of sp³-hybridized carbons (Fsp3) is 0.364. The Bertz CT molecular complexity index is 1570. The average molecular weight is 668 g/mol. The van der Waals surface area contributed by atoms with Crippen LogP contribution in [0.4, 0.5) is 40.3 Å². The number of carbonyl (C=O) groups excluding carboxylic acids is 3. The minimum absolute atomic E-state index is 0.00772. The number of carbonyl (C=O) groups is 3. The number of amides is 3. The lowest BCUT2D eigenvalue weighted by Crippen LogP contribution is -2.58. The third-order valence-corrected chi connectivity index (χ3v) is 8.08. The zero-order valence-corrected chi connectivity index (χ0v) is 25.4. The van der Waals surface area contributed by atoms with Crippen molar-refractivity contribution in [3.8, 4) is 0 Å². The standard InChI is InChI=1S/C33H32F7N3O4/c1-21-14-26(34)8-9-27(21)28-18-31(11-13-44,41-29(45)47-20-22-6-4-3-5-7-22)10-12-43(28)30(46)42(2)19-23-15-24(32(35,36)37)17-25(16-23)33(38,39)40/h3-9,13-17,28H,10-12,18-20H2,1-2H3,(H,41,45)/t28-,31-/m1/s1. The Labute approximate surface area is 266 Å². The molecule has 3 amide bonds. The van der Waals surface area contributed by atoms with E-state index >= 15 is 0 Å². The van der Waals surface area contributed by atoms with Gasteiger partial charge in [0.05, 0.1) is 22.7 Å². The fourth-order valence-corrected chi connectivity index (χ4v) is 5.75. The van der Waals surface area contributed by atoms with Crippen molar-refractivity contribution in [2.45, 2.75) is 63.3 Å². The second-order valence-electron chi connectivity index (χ2n) is 11.6. The van der Waals surface area contributed by atoms with Gasteiger partial charge in [0.15, 0.2) is 0 Å². The molecule has 0 bridgehead atoms. The van der Waals surface area contributed by atoms with Gasteiger partial charge in [-0.25, -0.2) is 14.0 Å². The number of urea groups is 1. The Kier molecular flexibility index (Phi) is 10.5. The summed E-state index contributed by atoms with van der Waals surface area (Å²) in [6, 6.07) is 12.2. The second kappa shape index (κ2) is 14.0. The highest BCUT2D eigenvalue weighted by molar-refractivity contribution is 5.75. The number of halogens is 7. The number of rotatable bonds is 8. The summed E-state index contributed by atoms with van der Waals surface area (Å²) in [5.41, 5.74) is -2.97. The van der Waals surface area contributed by atoms with Crippen molar-refractivity contribution in [2.75, 3.05) is 13.6 Å². The molecule has 0 aromatic heterocycles. The number of alkyl carbamates (subject to hydrolysis) is 1. The van der Waals surface area contributed by atoms with Crippen molar-refractivity contribution in [3.05, 3.63) is 106 Å². The predicted molar refractivity (Wildman–Crippen MR) is 156 cm³/mol. The lowest BCUT2D eigenvalue weighted by molar-refractivity contribution is -0.143. The van der Waals surface area contributed by atoms with Gasteiger partial charge in [-0.15, -0.1) is 0 Å². The maximum Gasteiger partial charge on any atom is 0.416 e. The molecule has 1 heterocycles. The maximum atomic E-state index is 14.1. The number of hydrogen-bond acceptors (Lipinski definition) is 4. The van der Waals surface area contributed by atoms with Crippen LogP contribution in [0.2, 0.25) is 0 Å². The minimum Gasteiger partial charge on any atom is -0.445 e. The molecule has 0 saturated carbocycles. The molecule has 0 spiro atoms. The van der Waals surface area contributed by atoms with E-state index in [9.17, 15) is 45.1 Å². The van der Waals surface area contributed by atoms with Gasteiger partial charge in [-0.3, -0.25) is 0 Å². The lowest BCUT2D eigenvalue weighted by atomic mass is 9.78. The third-order valence-electron chi connectivity index (χ3n) is 8.08. The van der Waals surface area contributed by atoms with Gasteiger partial charge < -0.3 is 24.6 Å². The first kappa shape index (κ1) is 35.2. The number of nitrogens with zero attached hydrogens (tertiary/aromatic N) is 2. The summed E-state index contributed by atoms with van der Waals surface area (Å²) in [7, 11) is 1.23. The molecule has 7 nitrogen and oxygen atoms in total. The molecule has 3 aromatic carbocycles. The fourth-order valence-electron chi connectivity index (χ4n) is 5.75. The molecule has 1 fully saturated rings. The molecule has 47 heavy (non-hydrogen) atoms. The molecule has 0 aliphatic carbocycles. The smallest absolute Gasteiger partial charge is 0.416 e. The van der Waals surface area contributed by atoms with Crippen molar-refractivity contribution in [2.24, 2.45) is 0 Å². The molecule has 14 heteroatoms. The van der Waals surface area contributed by atoms with Gasteiger partial charge >= 0.3 is 24.5 Å². The van der Waals surface area contributed by atoms with Gasteiger partial charge in [-0.05, 0) is 72.4 Å². The molecule has 1 aliphatic rings. The van der Waals surface area contributed by atoms with Crippen molar-refractivity contribution in [1.82, 2.24) is 15.1 Å². The number of aldehydes is 1. The van der Waals surface area contributed by atoms with E-state index in [1.807, 2.05) is 0 Å². The third kappa shape index (κ3) is 8.80. The van der Waals surface area contributed by atoms with Crippen molar-refractivity contribution in [1.29, 1.82) is 0 Å². The quantitative estimate of drug-likeness (QED) is 0.196. The van der Waals surface area contributed by atoms with Crippen LogP contribution in [0.15, 0.2) is 66.7 Å². The normalized spacial score (nSPS) is 18.4. The molecule has 0 unspecified atom stereocenters. The molecule has 0 radical (unpaired) electrons. The highest BCUT2D eigenvalue weighted by Gasteiger charge is 2.44. The first-order valence-corrected chi connectivity index (χ1v) is 14.5. The maximum absolute atomic E-state index is 14.1. The number of alkyl halides is 6. The molecule has 252 valence electrons. The summed E-state index contributed by atoms with van der Waals surface area (Å²) in [6.07, 6.45) is -10.5. The SMILES string of the molecule is Cc1cc(F)ccc1[C@H]1C[C@@](CC=O)(NC(=O)OCc2ccccc2)CCN1C(=O)N(C)Cc1cc(C(F)(F)F)cc(C(F)(F)F)c1. The monoisotopic (exact) mass is 667 g/mol. The Morgan fingerprint density at radius 3 is 2.19 bits per heavy atom. The van der Waals surface area contributed by atoms with Crippen molar-refractivity contribution in [3.63, 3.8) is 0 Å². The van der Waals surface area contributed by atoms with E-state index in [-0.39, 0.29) is 38.5 Å². The summed E-state index contributed by atoms with van der Waals surface area (Å²) in [6.45, 7) is 0.879. The molecule has 1 saturated heterocycles. The van der Waals surface area contributed by atoms with Crippen molar-refractivity contribution < 1.29 is 49.9 Å².